The summed E-state index contributed by atoms with van der Waals surface area (Å²) in [6.07, 6.45) is 6.65. The summed E-state index contributed by atoms with van der Waals surface area (Å²) in [5.41, 5.74) is 2.65. The van der Waals surface area contributed by atoms with Crippen LogP contribution in [-0.2, 0) is 4.79 Å². The topological polar surface area (TPSA) is 61.4 Å². The largest absolute Gasteiger partial charge is 0.336 e. The first kappa shape index (κ1) is 19.9. The van der Waals surface area contributed by atoms with Crippen molar-refractivity contribution in [1.29, 1.82) is 0 Å². The smallest absolute Gasteiger partial charge is 0.324 e. The Morgan fingerprint density at radius 1 is 1.11 bits per heavy atom. The average Bonchev–Trinajstić information content (AvgIpc) is 3.12. The van der Waals surface area contributed by atoms with Crippen LogP contribution in [-0.4, -0.2) is 36.0 Å². The SMILES string of the molecule is CC(C)[C@H](N[C@@H](C)C(=O)N1CCNC1=O)c1ccc(C2CCCCC2)cc1. The maximum absolute atomic E-state index is 12.6. The van der Waals surface area contributed by atoms with Crippen molar-refractivity contribution in [3.05, 3.63) is 35.4 Å². The highest BCUT2D eigenvalue weighted by Crippen LogP contribution is 2.33. The third-order valence-electron chi connectivity index (χ3n) is 5.96. The van der Waals surface area contributed by atoms with E-state index in [-0.39, 0.29) is 18.0 Å². The molecule has 1 heterocycles. The number of hydrogen-bond acceptors (Lipinski definition) is 3. The van der Waals surface area contributed by atoms with Crippen molar-refractivity contribution in [3.8, 4) is 0 Å². The molecule has 3 amide bonds. The monoisotopic (exact) mass is 371 g/mol. The van der Waals surface area contributed by atoms with Crippen molar-refractivity contribution >= 4 is 11.9 Å². The molecule has 1 aliphatic heterocycles. The molecule has 0 aromatic heterocycles. The van der Waals surface area contributed by atoms with Crippen LogP contribution in [0.4, 0.5) is 4.79 Å². The van der Waals surface area contributed by atoms with Gasteiger partial charge in [0.2, 0.25) is 5.91 Å². The van der Waals surface area contributed by atoms with Crippen LogP contribution in [0.5, 0.6) is 0 Å². The highest BCUT2D eigenvalue weighted by atomic mass is 16.2. The Kier molecular flexibility index (Phi) is 6.53. The third kappa shape index (κ3) is 4.70. The number of nitrogens with one attached hydrogen (secondary N) is 2. The molecule has 1 saturated heterocycles. The van der Waals surface area contributed by atoms with Crippen molar-refractivity contribution < 1.29 is 9.59 Å². The molecule has 0 radical (unpaired) electrons. The van der Waals surface area contributed by atoms with Gasteiger partial charge in [-0.1, -0.05) is 57.4 Å². The molecule has 5 nitrogen and oxygen atoms in total. The minimum atomic E-state index is -0.403. The molecule has 148 valence electrons. The van der Waals surface area contributed by atoms with E-state index in [1.54, 1.807) is 0 Å². The second-order valence-corrected chi connectivity index (χ2v) is 8.33. The van der Waals surface area contributed by atoms with Crippen LogP contribution in [0.2, 0.25) is 0 Å². The maximum Gasteiger partial charge on any atom is 0.324 e. The molecule has 0 bridgehead atoms. The summed E-state index contributed by atoms with van der Waals surface area (Å²) in [4.78, 5) is 25.7. The van der Waals surface area contributed by atoms with Crippen molar-refractivity contribution in [2.75, 3.05) is 13.1 Å². The van der Waals surface area contributed by atoms with Crippen molar-refractivity contribution in [2.24, 2.45) is 5.92 Å². The molecular formula is C22H33N3O2. The van der Waals surface area contributed by atoms with Crippen LogP contribution in [0.25, 0.3) is 0 Å². The fraction of sp³-hybridized carbons (Fsp3) is 0.636. The Bertz CT molecular complexity index is 650. The van der Waals surface area contributed by atoms with E-state index in [1.165, 1.54) is 48.1 Å². The Labute approximate surface area is 162 Å². The molecule has 27 heavy (non-hydrogen) atoms. The summed E-state index contributed by atoms with van der Waals surface area (Å²) in [5, 5.41) is 6.15. The standard InChI is InChI=1S/C22H33N3O2/c1-15(2)20(24-16(3)21(26)25-14-13-23-22(25)27)19-11-9-18(10-12-19)17-7-5-4-6-8-17/h9-12,15-17,20,24H,4-8,13-14H2,1-3H3,(H,23,27)/t16-,20-/m0/s1. The van der Waals surface area contributed by atoms with E-state index < -0.39 is 6.04 Å². The first-order valence-electron chi connectivity index (χ1n) is 10.4. The number of rotatable bonds is 6. The van der Waals surface area contributed by atoms with Gasteiger partial charge in [-0.25, -0.2) is 4.79 Å². The first-order valence-corrected chi connectivity index (χ1v) is 10.4. The van der Waals surface area contributed by atoms with Crippen molar-refractivity contribution in [2.45, 2.75) is 70.9 Å². The van der Waals surface area contributed by atoms with E-state index in [0.29, 0.717) is 24.9 Å². The van der Waals surface area contributed by atoms with E-state index >= 15 is 0 Å². The zero-order chi connectivity index (χ0) is 19.4. The van der Waals surface area contributed by atoms with Gasteiger partial charge in [0, 0.05) is 19.1 Å². The molecule has 0 spiro atoms. The minimum absolute atomic E-state index is 0.0787. The van der Waals surface area contributed by atoms with E-state index in [2.05, 4.69) is 48.7 Å². The molecule has 2 fully saturated rings. The molecular weight excluding hydrogens is 338 g/mol. The van der Waals surface area contributed by atoms with E-state index in [4.69, 9.17) is 0 Å². The highest BCUT2D eigenvalue weighted by Gasteiger charge is 2.31. The number of urea groups is 1. The van der Waals surface area contributed by atoms with Crippen LogP contribution < -0.4 is 10.6 Å². The molecule has 1 aliphatic carbocycles. The molecule has 2 N–H and O–H groups in total. The fourth-order valence-corrected chi connectivity index (χ4v) is 4.34. The minimum Gasteiger partial charge on any atom is -0.336 e. The van der Waals surface area contributed by atoms with Gasteiger partial charge in [-0.2, -0.15) is 0 Å². The summed E-state index contributed by atoms with van der Waals surface area (Å²) in [7, 11) is 0. The molecule has 2 atom stereocenters. The number of benzene rings is 1. The van der Waals surface area contributed by atoms with Crippen molar-refractivity contribution in [3.63, 3.8) is 0 Å². The number of carbonyl (C=O) groups excluding carboxylic acids is 2. The summed E-state index contributed by atoms with van der Waals surface area (Å²) in [5.74, 6) is 0.884. The normalized spacial score (nSPS) is 20.6. The summed E-state index contributed by atoms with van der Waals surface area (Å²) >= 11 is 0. The second kappa shape index (κ2) is 8.87. The number of imide groups is 1. The zero-order valence-corrected chi connectivity index (χ0v) is 16.8. The Balaban J connectivity index is 1.67. The lowest BCUT2D eigenvalue weighted by Gasteiger charge is -2.28. The number of amides is 3. The predicted octanol–water partition coefficient (Wildman–Crippen LogP) is 3.96. The number of hydrogen-bond donors (Lipinski definition) is 2. The van der Waals surface area contributed by atoms with E-state index in [1.807, 2.05) is 6.92 Å². The number of carbonyl (C=O) groups is 2. The lowest BCUT2D eigenvalue weighted by atomic mass is 9.83. The van der Waals surface area contributed by atoms with Crippen LogP contribution in [0.3, 0.4) is 0 Å². The van der Waals surface area contributed by atoms with Crippen molar-refractivity contribution in [1.82, 2.24) is 15.5 Å². The van der Waals surface area contributed by atoms with Gasteiger partial charge in [0.15, 0.2) is 0 Å². The lowest BCUT2D eigenvalue weighted by molar-refractivity contribution is -0.129. The first-order chi connectivity index (χ1) is 13.0. The Morgan fingerprint density at radius 2 is 1.78 bits per heavy atom. The summed E-state index contributed by atoms with van der Waals surface area (Å²) in [6.45, 7) is 7.15. The van der Waals surface area contributed by atoms with Gasteiger partial charge in [0.1, 0.15) is 0 Å². The average molecular weight is 372 g/mol. The van der Waals surface area contributed by atoms with Gasteiger partial charge in [-0.15, -0.1) is 0 Å². The number of nitrogens with zero attached hydrogens (tertiary/aromatic N) is 1. The molecule has 2 aliphatic rings. The second-order valence-electron chi connectivity index (χ2n) is 8.33. The molecule has 1 aromatic carbocycles. The molecule has 0 unspecified atom stereocenters. The van der Waals surface area contributed by atoms with E-state index in [9.17, 15) is 9.59 Å². The Morgan fingerprint density at radius 3 is 2.33 bits per heavy atom. The van der Waals surface area contributed by atoms with Crippen LogP contribution >= 0.6 is 0 Å². The molecule has 5 heteroatoms. The Hall–Kier alpha value is -1.88. The zero-order valence-electron chi connectivity index (χ0n) is 16.8. The quantitative estimate of drug-likeness (QED) is 0.796. The van der Waals surface area contributed by atoms with Crippen LogP contribution in [0.1, 0.15) is 76.0 Å². The van der Waals surface area contributed by atoms with Gasteiger partial charge in [0.25, 0.3) is 0 Å². The van der Waals surface area contributed by atoms with Gasteiger partial charge in [-0.3, -0.25) is 15.0 Å². The molecule has 3 rings (SSSR count). The third-order valence-corrected chi connectivity index (χ3v) is 5.96. The van der Waals surface area contributed by atoms with E-state index in [0.717, 1.165) is 0 Å². The predicted molar refractivity (Wildman–Crippen MR) is 108 cm³/mol. The lowest BCUT2D eigenvalue weighted by Crippen LogP contribution is -2.47. The van der Waals surface area contributed by atoms with Gasteiger partial charge in [-0.05, 0) is 42.7 Å². The maximum atomic E-state index is 12.6. The highest BCUT2D eigenvalue weighted by molar-refractivity contribution is 5.98. The van der Waals surface area contributed by atoms with Gasteiger partial charge >= 0.3 is 6.03 Å². The fourth-order valence-electron chi connectivity index (χ4n) is 4.34. The summed E-state index contributed by atoms with van der Waals surface area (Å²) < 4.78 is 0. The van der Waals surface area contributed by atoms with Gasteiger partial charge in [0.05, 0.1) is 6.04 Å². The van der Waals surface area contributed by atoms with Gasteiger partial charge < -0.3 is 5.32 Å². The summed E-state index contributed by atoms with van der Waals surface area (Å²) in [6, 6.07) is 8.34. The molecule has 1 aromatic rings. The van der Waals surface area contributed by atoms with Crippen LogP contribution in [0.15, 0.2) is 24.3 Å². The molecule has 1 saturated carbocycles. The van der Waals surface area contributed by atoms with Crippen LogP contribution in [0, 0.1) is 5.92 Å².